The first-order valence-corrected chi connectivity index (χ1v) is 13.1. The molecule has 174 valence electrons. The Balaban J connectivity index is 1.45. The van der Waals surface area contributed by atoms with E-state index in [1.54, 1.807) is 18.3 Å². The molecule has 5 rings (SSSR count). The maximum absolute atomic E-state index is 6.68. The first-order chi connectivity index (χ1) is 16.1. The second-order valence-electron chi connectivity index (χ2n) is 9.51. The molecule has 33 heavy (non-hydrogen) atoms. The van der Waals surface area contributed by atoms with E-state index >= 15 is 0 Å². The van der Waals surface area contributed by atoms with Gasteiger partial charge in [0.2, 0.25) is 5.96 Å². The van der Waals surface area contributed by atoms with Crippen LogP contribution in [0.15, 0.2) is 75.3 Å². The number of quaternary nitrogens is 1. The van der Waals surface area contributed by atoms with Crippen LogP contribution in [-0.4, -0.2) is 42.2 Å². The molecule has 2 aliphatic carbocycles. The topological polar surface area (TPSA) is 50.9 Å². The number of allylic oxidation sites excluding steroid dienone is 4. The van der Waals surface area contributed by atoms with E-state index < -0.39 is 0 Å². The number of thioether (sulfide) groups is 1. The minimum atomic E-state index is 0.251. The molecule has 2 fully saturated rings. The van der Waals surface area contributed by atoms with Gasteiger partial charge in [-0.25, -0.2) is 9.48 Å². The predicted octanol–water partition coefficient (Wildman–Crippen LogP) is 6.02. The van der Waals surface area contributed by atoms with Crippen LogP contribution in [0.2, 0.25) is 0 Å². The van der Waals surface area contributed by atoms with Gasteiger partial charge < -0.3 is 10.5 Å². The number of ether oxygens (including phenoxy) is 1. The normalized spacial score (nSPS) is 29.8. The Morgan fingerprint density at radius 1 is 1.15 bits per heavy atom. The van der Waals surface area contributed by atoms with Gasteiger partial charge >= 0.3 is 0 Å². The Bertz CT molecular complexity index is 1040. The summed E-state index contributed by atoms with van der Waals surface area (Å²) in [4.78, 5) is 7.16. The van der Waals surface area contributed by atoms with Crippen LogP contribution < -0.4 is 10.5 Å². The van der Waals surface area contributed by atoms with Crippen LogP contribution in [0, 0.1) is 5.92 Å². The molecule has 1 saturated heterocycles. The summed E-state index contributed by atoms with van der Waals surface area (Å²) in [6, 6.07) is 7.79. The molecule has 3 unspecified atom stereocenters. The van der Waals surface area contributed by atoms with Crippen LogP contribution in [0.5, 0.6) is 5.75 Å². The highest BCUT2D eigenvalue weighted by atomic mass is 32.2. The number of guanidine groups is 1. The third-order valence-corrected chi connectivity index (χ3v) is 8.28. The van der Waals surface area contributed by atoms with E-state index in [1.165, 1.54) is 37.8 Å². The molecule has 1 saturated carbocycles. The van der Waals surface area contributed by atoms with Crippen molar-refractivity contribution >= 4 is 23.4 Å². The average molecular weight is 464 g/mol. The zero-order valence-corrected chi connectivity index (χ0v) is 20.6. The maximum atomic E-state index is 6.68. The maximum Gasteiger partial charge on any atom is 0.201 e. The Kier molecular flexibility index (Phi) is 6.39. The van der Waals surface area contributed by atoms with Crippen LogP contribution >= 0.6 is 11.8 Å². The van der Waals surface area contributed by atoms with Gasteiger partial charge in [-0.2, -0.15) is 0 Å². The lowest BCUT2D eigenvalue weighted by Gasteiger charge is -2.49. The number of hydrogen-bond donors (Lipinski definition) is 1. The van der Waals surface area contributed by atoms with Crippen molar-refractivity contribution in [3.8, 4) is 5.75 Å². The highest BCUT2D eigenvalue weighted by Gasteiger charge is 2.47. The van der Waals surface area contributed by atoms with Gasteiger partial charge in [-0.15, -0.1) is 0 Å². The zero-order valence-electron chi connectivity index (χ0n) is 19.7. The molecule has 5 nitrogen and oxygen atoms in total. The number of likely N-dealkylation sites (tertiary alicyclic amines) is 1. The fourth-order valence-corrected chi connectivity index (χ4v) is 6.80. The van der Waals surface area contributed by atoms with Crippen molar-refractivity contribution in [1.29, 1.82) is 0 Å². The van der Waals surface area contributed by atoms with Gasteiger partial charge in [0.05, 0.1) is 25.8 Å². The monoisotopic (exact) mass is 463 g/mol. The molecule has 6 heteroatoms. The van der Waals surface area contributed by atoms with Crippen LogP contribution in [0.1, 0.15) is 44.9 Å². The van der Waals surface area contributed by atoms with Gasteiger partial charge in [0.25, 0.3) is 0 Å². The molecule has 0 aromatic heterocycles. The number of benzene rings is 1. The molecule has 3 atom stereocenters. The van der Waals surface area contributed by atoms with Gasteiger partial charge in [-0.3, -0.25) is 4.90 Å². The summed E-state index contributed by atoms with van der Waals surface area (Å²) in [5.41, 5.74) is 12.2. The van der Waals surface area contributed by atoms with Crippen LogP contribution in [-0.2, 0) is 0 Å². The van der Waals surface area contributed by atoms with Crippen LogP contribution in [0.3, 0.4) is 0 Å². The van der Waals surface area contributed by atoms with Gasteiger partial charge in [0.15, 0.2) is 6.17 Å². The van der Waals surface area contributed by atoms with Crippen molar-refractivity contribution in [1.82, 2.24) is 4.90 Å². The first-order valence-electron chi connectivity index (χ1n) is 12.1. The third-order valence-electron chi connectivity index (χ3n) is 7.62. The number of piperidine rings is 1. The summed E-state index contributed by atoms with van der Waals surface area (Å²) in [5.74, 6) is 1.94. The van der Waals surface area contributed by atoms with E-state index in [2.05, 4.69) is 41.1 Å². The van der Waals surface area contributed by atoms with Crippen molar-refractivity contribution in [3.05, 3.63) is 70.3 Å². The van der Waals surface area contributed by atoms with Gasteiger partial charge in [0.1, 0.15) is 17.6 Å². The van der Waals surface area contributed by atoms with Crippen molar-refractivity contribution < 1.29 is 9.22 Å². The summed E-state index contributed by atoms with van der Waals surface area (Å²) < 4.78 is 6.07. The summed E-state index contributed by atoms with van der Waals surface area (Å²) in [7, 11) is 4.05. The number of nitrogens with zero attached hydrogens (tertiary/aromatic N) is 3. The van der Waals surface area contributed by atoms with Crippen molar-refractivity contribution in [2.75, 3.05) is 20.7 Å². The number of rotatable bonds is 4. The van der Waals surface area contributed by atoms with Gasteiger partial charge in [-0.05, 0) is 73.9 Å². The fraction of sp³-hybridized carbons (Fsp3) is 0.444. The van der Waals surface area contributed by atoms with E-state index in [1.807, 2.05) is 36.0 Å². The Morgan fingerprint density at radius 2 is 1.97 bits per heavy atom. The Hall–Kier alpha value is -2.44. The number of fused-ring (bicyclic) bond motifs is 1. The first kappa shape index (κ1) is 22.4. The fourth-order valence-electron chi connectivity index (χ4n) is 5.87. The van der Waals surface area contributed by atoms with Gasteiger partial charge in [0, 0.05) is 23.8 Å². The lowest BCUT2D eigenvalue weighted by atomic mass is 9.90. The smallest absolute Gasteiger partial charge is 0.201 e. The Morgan fingerprint density at radius 3 is 2.79 bits per heavy atom. The molecule has 2 heterocycles. The van der Waals surface area contributed by atoms with E-state index in [9.17, 15) is 0 Å². The SMILES string of the molecule is COc1ccc(N=C(N)N2CCCCC2[N+]2(C)C=CSC=C2C2CCC3=CCCC=C32)cc1. The molecule has 0 radical (unpaired) electrons. The number of methoxy groups -OCH3 is 1. The second kappa shape index (κ2) is 9.43. The molecule has 2 aliphatic heterocycles. The minimum Gasteiger partial charge on any atom is -0.497 e. The summed E-state index contributed by atoms with van der Waals surface area (Å²) >= 11 is 1.81. The molecule has 1 aromatic rings. The zero-order chi connectivity index (χ0) is 22.8. The van der Waals surface area contributed by atoms with Crippen molar-refractivity contribution in [3.63, 3.8) is 0 Å². The second-order valence-corrected chi connectivity index (χ2v) is 10.3. The molecule has 0 spiro atoms. The highest BCUT2D eigenvalue weighted by molar-refractivity contribution is 8.04. The molecule has 0 amide bonds. The molecule has 0 bridgehead atoms. The lowest BCUT2D eigenvalue weighted by molar-refractivity contribution is -0.863. The average Bonchev–Trinajstić information content (AvgIpc) is 3.28. The largest absolute Gasteiger partial charge is 0.497 e. The van der Waals surface area contributed by atoms with Crippen LogP contribution in [0.25, 0.3) is 0 Å². The van der Waals surface area contributed by atoms with Crippen molar-refractivity contribution in [2.45, 2.75) is 51.1 Å². The van der Waals surface area contributed by atoms with E-state index in [0.717, 1.165) is 35.3 Å². The highest BCUT2D eigenvalue weighted by Crippen LogP contribution is 2.48. The van der Waals surface area contributed by atoms with E-state index in [4.69, 9.17) is 15.5 Å². The summed E-state index contributed by atoms with van der Waals surface area (Å²) in [5, 5.41) is 4.65. The van der Waals surface area contributed by atoms with Gasteiger partial charge in [-0.1, -0.05) is 23.9 Å². The summed E-state index contributed by atoms with van der Waals surface area (Å²) in [6.07, 6.45) is 15.9. The quantitative estimate of drug-likeness (QED) is 0.337. The lowest BCUT2D eigenvalue weighted by Crippen LogP contribution is -2.61. The Labute approximate surface area is 202 Å². The standard InChI is InChI=1S/C27H35N4OS/c1-31(17-18-33-19-25(31)24-15-10-20-7-3-4-8-23(20)24)26-9-5-6-16-30(26)27(28)29-21-11-13-22(32-2)14-12-21/h7-8,11-14,17-19,24,26H,3-6,9-10,15-16H2,1-2H3,(H2,28,29)/q+1. The third kappa shape index (κ3) is 4.26. The minimum absolute atomic E-state index is 0.251. The summed E-state index contributed by atoms with van der Waals surface area (Å²) in [6.45, 7) is 0.941. The molecule has 1 aromatic carbocycles. The van der Waals surface area contributed by atoms with Crippen molar-refractivity contribution in [2.24, 2.45) is 16.6 Å². The molecular formula is C27H35N4OS+. The van der Waals surface area contributed by atoms with E-state index in [0.29, 0.717) is 11.9 Å². The molecule has 2 N–H and O–H groups in total. The predicted molar refractivity (Wildman–Crippen MR) is 138 cm³/mol. The number of hydrogen-bond acceptors (Lipinski definition) is 3. The van der Waals surface area contributed by atoms with Crippen LogP contribution in [0.4, 0.5) is 5.69 Å². The van der Waals surface area contributed by atoms with E-state index in [-0.39, 0.29) is 6.17 Å². The molecule has 4 aliphatic rings. The molecular weight excluding hydrogens is 428 g/mol. The number of aliphatic imine (C=N–C) groups is 1. The number of nitrogens with two attached hydrogens (primary N) is 1.